The molecule has 274 valence electrons. The third-order valence-electron chi connectivity index (χ3n) is 11.8. The van der Waals surface area contributed by atoms with Crippen LogP contribution in [0.2, 0.25) is 0 Å². The van der Waals surface area contributed by atoms with Crippen LogP contribution in [0.5, 0.6) is 0 Å². The Morgan fingerprint density at radius 2 is 1.03 bits per heavy atom. The maximum Gasteiger partial charge on any atom is 0.167 e. The lowest BCUT2D eigenvalue weighted by atomic mass is 10.0. The van der Waals surface area contributed by atoms with E-state index < -0.39 is 0 Å². The Hall–Kier alpha value is -8.09. The molecule has 9 aromatic carbocycles. The molecular weight excluding hydrogens is 725 g/mol. The predicted molar refractivity (Wildman–Crippen MR) is 240 cm³/mol. The molecule has 0 unspecified atom stereocenters. The Kier molecular flexibility index (Phi) is 6.63. The van der Waals surface area contributed by atoms with Gasteiger partial charge < -0.3 is 13.4 Å². The number of rotatable bonds is 4. The topological polar surface area (TPSA) is 69.9 Å². The molecule has 6 heteroatoms. The normalized spacial score (nSPS) is 12.1. The molecule has 0 saturated carbocycles. The van der Waals surface area contributed by atoms with Crippen molar-refractivity contribution in [2.75, 3.05) is 0 Å². The molecule has 0 aliphatic rings. The fraction of sp³-hybridized carbons (Fsp3) is 0. The average molecular weight is 755 g/mol. The van der Waals surface area contributed by atoms with Crippen molar-refractivity contribution in [3.05, 3.63) is 182 Å². The Labute approximate surface area is 336 Å². The van der Waals surface area contributed by atoms with E-state index in [1.54, 1.807) is 0 Å². The molecule has 0 fully saturated rings. The molecule has 59 heavy (non-hydrogen) atoms. The van der Waals surface area contributed by atoms with Gasteiger partial charge in [0, 0.05) is 54.5 Å². The first-order valence-electron chi connectivity index (χ1n) is 19.8. The lowest BCUT2D eigenvalue weighted by Gasteiger charge is -2.13. The number of furan rings is 2. The second-order valence-corrected chi connectivity index (χ2v) is 15.2. The van der Waals surface area contributed by atoms with Crippen LogP contribution in [0.4, 0.5) is 0 Å². The highest BCUT2D eigenvalue weighted by molar-refractivity contribution is 6.19. The van der Waals surface area contributed by atoms with Crippen LogP contribution in [0.25, 0.3) is 127 Å². The van der Waals surface area contributed by atoms with Crippen LogP contribution < -0.4 is 0 Å². The van der Waals surface area contributed by atoms with Crippen LogP contribution in [0.15, 0.2) is 191 Å². The largest absolute Gasteiger partial charge is 0.456 e. The summed E-state index contributed by atoms with van der Waals surface area (Å²) in [5.74, 6) is 1.63. The molecule has 0 spiro atoms. The van der Waals surface area contributed by atoms with E-state index in [0.717, 1.165) is 88.1 Å². The third kappa shape index (κ3) is 4.77. The van der Waals surface area contributed by atoms with Gasteiger partial charge in [-0.2, -0.15) is 0 Å². The first-order valence-corrected chi connectivity index (χ1v) is 19.8. The lowest BCUT2D eigenvalue weighted by Crippen LogP contribution is -2.02. The van der Waals surface area contributed by atoms with Gasteiger partial charge in [-0.25, -0.2) is 15.0 Å². The second-order valence-electron chi connectivity index (χ2n) is 15.2. The molecule has 0 atom stereocenters. The van der Waals surface area contributed by atoms with Gasteiger partial charge in [0.1, 0.15) is 22.3 Å². The summed E-state index contributed by atoms with van der Waals surface area (Å²) in [6.07, 6.45) is 0. The van der Waals surface area contributed by atoms with Gasteiger partial charge in [0.15, 0.2) is 17.5 Å². The van der Waals surface area contributed by atoms with E-state index in [-0.39, 0.29) is 0 Å². The molecule has 0 aliphatic heterocycles. The molecule has 4 aromatic heterocycles. The molecule has 6 nitrogen and oxygen atoms in total. The third-order valence-corrected chi connectivity index (χ3v) is 11.8. The number of hydrogen-bond donors (Lipinski definition) is 0. The zero-order valence-corrected chi connectivity index (χ0v) is 31.4. The standard InChI is InChI=1S/C53H30N4O2/c1-2-14-32(15-3-1)51-54-52(40-21-12-24-47-48(40)39-20-9-11-23-46(39)58-47)56-53(55-51)43-30-35(29-42-38-26-25-31-13-6-7-18-36(31)49(38)59-50(42)43)57-44-22-10-8-19-37(44)41-27-33-16-4-5-17-34(33)28-45(41)57/h1-30H. The first kappa shape index (κ1) is 32.0. The molecule has 0 N–H and O–H groups in total. The predicted octanol–water partition coefficient (Wildman–Crippen LogP) is 14.1. The molecule has 13 aromatic rings. The van der Waals surface area contributed by atoms with Crippen molar-refractivity contribution < 1.29 is 8.83 Å². The van der Waals surface area contributed by atoms with Crippen LogP contribution in [-0.2, 0) is 0 Å². The molecule has 0 aliphatic carbocycles. The van der Waals surface area contributed by atoms with Gasteiger partial charge in [-0.3, -0.25) is 0 Å². The minimum atomic E-state index is 0.514. The van der Waals surface area contributed by atoms with Crippen LogP contribution in [0.3, 0.4) is 0 Å². The summed E-state index contributed by atoms with van der Waals surface area (Å²) in [5, 5.41) is 10.9. The number of fused-ring (bicyclic) bond motifs is 12. The first-order chi connectivity index (χ1) is 29.2. The van der Waals surface area contributed by atoms with E-state index in [9.17, 15) is 0 Å². The van der Waals surface area contributed by atoms with E-state index in [1.165, 1.54) is 21.5 Å². The molecule has 0 amide bonds. The van der Waals surface area contributed by atoms with Crippen molar-refractivity contribution >= 4 is 87.2 Å². The Morgan fingerprint density at radius 1 is 0.356 bits per heavy atom. The van der Waals surface area contributed by atoms with Crippen LogP contribution in [-0.4, -0.2) is 19.5 Å². The minimum Gasteiger partial charge on any atom is -0.456 e. The SMILES string of the molecule is c1ccc(-c2nc(-c3cc(-n4c5ccccc5c5cc6ccccc6cc54)cc4c3oc3c5ccccc5ccc43)nc(-c3cccc4oc5ccccc5c34)n2)cc1. The summed E-state index contributed by atoms with van der Waals surface area (Å²) < 4.78 is 15.7. The molecule has 0 saturated heterocycles. The smallest absolute Gasteiger partial charge is 0.167 e. The van der Waals surface area contributed by atoms with Crippen molar-refractivity contribution in [1.29, 1.82) is 0 Å². The summed E-state index contributed by atoms with van der Waals surface area (Å²) >= 11 is 0. The van der Waals surface area contributed by atoms with Gasteiger partial charge in [-0.05, 0) is 64.7 Å². The van der Waals surface area contributed by atoms with Crippen LogP contribution in [0.1, 0.15) is 0 Å². The van der Waals surface area contributed by atoms with E-state index in [0.29, 0.717) is 17.5 Å². The highest BCUT2D eigenvalue weighted by Crippen LogP contribution is 2.43. The van der Waals surface area contributed by atoms with E-state index in [4.69, 9.17) is 23.8 Å². The molecule has 0 radical (unpaired) electrons. The maximum absolute atomic E-state index is 7.04. The fourth-order valence-electron chi connectivity index (χ4n) is 9.11. The van der Waals surface area contributed by atoms with Crippen LogP contribution in [0, 0.1) is 0 Å². The zero-order chi connectivity index (χ0) is 38.6. The van der Waals surface area contributed by atoms with E-state index in [1.807, 2.05) is 60.7 Å². The Morgan fingerprint density at radius 3 is 1.90 bits per heavy atom. The van der Waals surface area contributed by atoms with Gasteiger partial charge in [-0.15, -0.1) is 0 Å². The molecular formula is C53H30N4O2. The molecule has 4 heterocycles. The van der Waals surface area contributed by atoms with Crippen molar-refractivity contribution in [2.24, 2.45) is 0 Å². The van der Waals surface area contributed by atoms with Crippen molar-refractivity contribution in [3.63, 3.8) is 0 Å². The summed E-state index contributed by atoms with van der Waals surface area (Å²) in [7, 11) is 0. The number of nitrogens with zero attached hydrogens (tertiary/aromatic N) is 4. The monoisotopic (exact) mass is 754 g/mol. The van der Waals surface area contributed by atoms with E-state index >= 15 is 0 Å². The van der Waals surface area contributed by atoms with Gasteiger partial charge in [0.2, 0.25) is 0 Å². The molecule has 0 bridgehead atoms. The maximum atomic E-state index is 7.04. The summed E-state index contributed by atoms with van der Waals surface area (Å²) in [6, 6.07) is 63.3. The fourth-order valence-corrected chi connectivity index (χ4v) is 9.11. The van der Waals surface area contributed by atoms with Gasteiger partial charge in [-0.1, -0.05) is 133 Å². The average Bonchev–Trinajstić information content (AvgIpc) is 3.98. The summed E-state index contributed by atoms with van der Waals surface area (Å²) in [4.78, 5) is 15.8. The number of aromatic nitrogens is 4. The quantitative estimate of drug-likeness (QED) is 0.179. The zero-order valence-electron chi connectivity index (χ0n) is 31.4. The number of hydrogen-bond acceptors (Lipinski definition) is 5. The number of benzene rings is 9. The minimum absolute atomic E-state index is 0.514. The number of para-hydroxylation sites is 2. The lowest BCUT2D eigenvalue weighted by molar-refractivity contribution is 0.669. The Balaban J connectivity index is 1.16. The van der Waals surface area contributed by atoms with Crippen LogP contribution >= 0.6 is 0 Å². The summed E-state index contributed by atoms with van der Waals surface area (Å²) in [5.41, 5.74) is 8.88. The van der Waals surface area contributed by atoms with Crippen molar-refractivity contribution in [2.45, 2.75) is 0 Å². The van der Waals surface area contributed by atoms with Crippen molar-refractivity contribution in [1.82, 2.24) is 19.5 Å². The summed E-state index contributed by atoms with van der Waals surface area (Å²) in [6.45, 7) is 0. The van der Waals surface area contributed by atoms with Crippen molar-refractivity contribution in [3.8, 4) is 39.9 Å². The van der Waals surface area contributed by atoms with Gasteiger partial charge in [0.05, 0.1) is 16.6 Å². The van der Waals surface area contributed by atoms with E-state index in [2.05, 4.69) is 126 Å². The highest BCUT2D eigenvalue weighted by Gasteiger charge is 2.23. The second kappa shape index (κ2) is 12.2. The molecule has 13 rings (SSSR count). The Bertz CT molecular complexity index is 3860. The highest BCUT2D eigenvalue weighted by atomic mass is 16.3. The van der Waals surface area contributed by atoms with Gasteiger partial charge in [0.25, 0.3) is 0 Å². The van der Waals surface area contributed by atoms with Gasteiger partial charge >= 0.3 is 0 Å².